The molecule has 1 aliphatic rings. The molecule has 0 saturated heterocycles. The molecule has 0 radical (unpaired) electrons. The Bertz CT molecular complexity index is 1470. The smallest absolute Gasteiger partial charge is 0.338 e. The van der Waals surface area contributed by atoms with Crippen LogP contribution < -0.4 is 24.4 Å². The molecule has 9 heteroatoms. The van der Waals surface area contributed by atoms with Crippen LogP contribution in [0.2, 0.25) is 0 Å². The van der Waals surface area contributed by atoms with Gasteiger partial charge < -0.3 is 14.2 Å². The van der Waals surface area contributed by atoms with Gasteiger partial charge in [-0.15, -0.1) is 11.8 Å². The molecule has 0 N–H and O–H groups in total. The predicted molar refractivity (Wildman–Crippen MR) is 138 cm³/mol. The maximum Gasteiger partial charge on any atom is 0.338 e. The van der Waals surface area contributed by atoms with Crippen molar-refractivity contribution in [3.8, 4) is 11.5 Å². The highest BCUT2D eigenvalue weighted by Crippen LogP contribution is 2.37. The van der Waals surface area contributed by atoms with Crippen LogP contribution in [0.1, 0.15) is 31.0 Å². The quantitative estimate of drug-likeness (QED) is 0.357. The second kappa shape index (κ2) is 10.5. The summed E-state index contributed by atoms with van der Waals surface area (Å²) in [5.74, 6) is 0.580. The molecule has 0 fully saturated rings. The SMILES string of the molecule is CCOC(=O)C1=C(C)N=c2sc(=Cc3ccc(SC)cc3)c(=O)n2C1c1ccc(OC)cc1OC. The van der Waals surface area contributed by atoms with Crippen LogP contribution in [-0.4, -0.2) is 37.6 Å². The van der Waals surface area contributed by atoms with E-state index in [1.807, 2.05) is 36.6 Å². The number of ether oxygens (including phenoxy) is 3. The van der Waals surface area contributed by atoms with Gasteiger partial charge in [0, 0.05) is 16.5 Å². The zero-order valence-corrected chi connectivity index (χ0v) is 21.8. The van der Waals surface area contributed by atoms with Crippen LogP contribution in [0, 0.1) is 0 Å². The first kappa shape index (κ1) is 24.8. The van der Waals surface area contributed by atoms with Crippen LogP contribution >= 0.6 is 23.1 Å². The Balaban J connectivity index is 1.96. The summed E-state index contributed by atoms with van der Waals surface area (Å²) in [6.07, 6.45) is 3.86. The molecule has 1 atom stereocenters. The molecule has 182 valence electrons. The number of benzene rings is 2. The molecular weight excluding hydrogens is 484 g/mol. The largest absolute Gasteiger partial charge is 0.497 e. The number of rotatable bonds is 7. The lowest BCUT2D eigenvalue weighted by Crippen LogP contribution is -2.40. The Morgan fingerprint density at radius 3 is 2.54 bits per heavy atom. The summed E-state index contributed by atoms with van der Waals surface area (Å²) in [4.78, 5) is 33.1. The number of carbonyl (C=O) groups excluding carboxylic acids is 1. The summed E-state index contributed by atoms with van der Waals surface area (Å²) in [6.45, 7) is 3.71. The van der Waals surface area contributed by atoms with E-state index in [4.69, 9.17) is 14.2 Å². The van der Waals surface area contributed by atoms with Gasteiger partial charge in [0.15, 0.2) is 4.80 Å². The molecule has 0 bridgehead atoms. The minimum atomic E-state index is -0.757. The third-order valence-corrected chi connectivity index (χ3v) is 7.39. The van der Waals surface area contributed by atoms with E-state index in [9.17, 15) is 9.59 Å². The molecular formula is C26H26N2O5S2. The number of hydrogen-bond donors (Lipinski definition) is 0. The summed E-state index contributed by atoms with van der Waals surface area (Å²) in [6, 6.07) is 12.5. The van der Waals surface area contributed by atoms with Crippen LogP contribution in [0.15, 0.2) is 68.4 Å². The molecule has 0 saturated carbocycles. The second-order valence-electron chi connectivity index (χ2n) is 7.68. The number of allylic oxidation sites excluding steroid dienone is 1. The van der Waals surface area contributed by atoms with Gasteiger partial charge in [0.1, 0.15) is 17.5 Å². The van der Waals surface area contributed by atoms with Gasteiger partial charge >= 0.3 is 5.97 Å². The number of thiazole rings is 1. The van der Waals surface area contributed by atoms with E-state index in [2.05, 4.69) is 4.99 Å². The lowest BCUT2D eigenvalue weighted by Gasteiger charge is -2.26. The molecule has 4 rings (SSSR count). The lowest BCUT2D eigenvalue weighted by atomic mass is 9.95. The minimum absolute atomic E-state index is 0.207. The highest BCUT2D eigenvalue weighted by molar-refractivity contribution is 7.98. The van der Waals surface area contributed by atoms with Crippen LogP contribution in [0.25, 0.3) is 6.08 Å². The Kier molecular flexibility index (Phi) is 7.47. The Hall–Kier alpha value is -3.30. The van der Waals surface area contributed by atoms with Gasteiger partial charge in [0.25, 0.3) is 5.56 Å². The van der Waals surface area contributed by atoms with Crippen molar-refractivity contribution in [2.75, 3.05) is 27.1 Å². The predicted octanol–water partition coefficient (Wildman–Crippen LogP) is 3.54. The van der Waals surface area contributed by atoms with Crippen LogP contribution in [-0.2, 0) is 9.53 Å². The number of hydrogen-bond acceptors (Lipinski definition) is 8. The van der Waals surface area contributed by atoms with Gasteiger partial charge in [0.05, 0.1) is 36.6 Å². The normalized spacial score (nSPS) is 15.5. The number of nitrogens with zero attached hydrogens (tertiary/aromatic N) is 2. The van der Waals surface area contributed by atoms with Crippen molar-refractivity contribution in [1.29, 1.82) is 0 Å². The van der Waals surface area contributed by atoms with Gasteiger partial charge in [0.2, 0.25) is 0 Å². The van der Waals surface area contributed by atoms with E-state index in [1.54, 1.807) is 62.6 Å². The van der Waals surface area contributed by atoms with Gasteiger partial charge in [-0.05, 0) is 56.0 Å². The van der Waals surface area contributed by atoms with Crippen LogP contribution in [0.3, 0.4) is 0 Å². The van der Waals surface area contributed by atoms with Crippen molar-refractivity contribution < 1.29 is 19.0 Å². The third-order valence-electron chi connectivity index (χ3n) is 5.67. The molecule has 1 aromatic heterocycles. The van der Waals surface area contributed by atoms with E-state index in [0.29, 0.717) is 37.7 Å². The van der Waals surface area contributed by atoms with E-state index in [1.165, 1.54) is 11.3 Å². The Labute approximate surface area is 211 Å². The molecule has 0 amide bonds. The maximum absolute atomic E-state index is 13.7. The average molecular weight is 511 g/mol. The minimum Gasteiger partial charge on any atom is -0.497 e. The number of methoxy groups -OCH3 is 2. The van der Waals surface area contributed by atoms with E-state index >= 15 is 0 Å². The first-order chi connectivity index (χ1) is 16.9. The lowest BCUT2D eigenvalue weighted by molar-refractivity contribution is -0.139. The highest BCUT2D eigenvalue weighted by atomic mass is 32.2. The van der Waals surface area contributed by atoms with Crippen molar-refractivity contribution in [2.24, 2.45) is 4.99 Å². The molecule has 2 heterocycles. The molecule has 2 aromatic carbocycles. The maximum atomic E-state index is 13.7. The van der Waals surface area contributed by atoms with Crippen LogP contribution in [0.5, 0.6) is 11.5 Å². The second-order valence-corrected chi connectivity index (χ2v) is 9.57. The van der Waals surface area contributed by atoms with Gasteiger partial charge in [-0.1, -0.05) is 23.5 Å². The molecule has 35 heavy (non-hydrogen) atoms. The monoisotopic (exact) mass is 510 g/mol. The topological polar surface area (TPSA) is 79.1 Å². The van der Waals surface area contributed by atoms with E-state index < -0.39 is 12.0 Å². The summed E-state index contributed by atoms with van der Waals surface area (Å²) < 4.78 is 18.4. The summed E-state index contributed by atoms with van der Waals surface area (Å²) in [7, 11) is 3.11. The van der Waals surface area contributed by atoms with Crippen molar-refractivity contribution >= 4 is 35.1 Å². The number of fused-ring (bicyclic) bond motifs is 1. The number of aromatic nitrogens is 1. The third kappa shape index (κ3) is 4.78. The molecule has 0 aliphatic carbocycles. The molecule has 3 aromatic rings. The zero-order valence-electron chi connectivity index (χ0n) is 20.2. The molecule has 0 spiro atoms. The fourth-order valence-corrected chi connectivity index (χ4v) is 5.44. The fraction of sp³-hybridized carbons (Fsp3) is 0.269. The summed E-state index contributed by atoms with van der Waals surface area (Å²) in [5.41, 5.74) is 2.12. The highest BCUT2D eigenvalue weighted by Gasteiger charge is 2.35. The first-order valence-electron chi connectivity index (χ1n) is 11.0. The van der Waals surface area contributed by atoms with Crippen molar-refractivity contribution in [2.45, 2.75) is 24.8 Å². The zero-order chi connectivity index (χ0) is 25.1. The Morgan fingerprint density at radius 1 is 1.17 bits per heavy atom. The first-order valence-corrected chi connectivity index (χ1v) is 13.0. The molecule has 7 nitrogen and oxygen atoms in total. The summed E-state index contributed by atoms with van der Waals surface area (Å²) in [5, 5.41) is 0. The van der Waals surface area contributed by atoms with E-state index in [0.717, 1.165) is 10.5 Å². The van der Waals surface area contributed by atoms with Crippen LogP contribution in [0.4, 0.5) is 0 Å². The van der Waals surface area contributed by atoms with Gasteiger partial charge in [-0.2, -0.15) is 0 Å². The number of esters is 1. The standard InChI is InChI=1S/C26H26N2O5S2/c1-6-33-25(30)22-15(2)27-26-28(23(22)19-12-9-17(31-3)14-20(19)32-4)24(29)21(35-26)13-16-7-10-18(34-5)11-8-16/h7-14,23H,6H2,1-5H3. The average Bonchev–Trinajstić information content (AvgIpc) is 3.17. The number of thioether (sulfide) groups is 1. The molecule has 1 unspecified atom stereocenters. The van der Waals surface area contributed by atoms with Gasteiger partial charge in [-0.3, -0.25) is 9.36 Å². The molecule has 1 aliphatic heterocycles. The van der Waals surface area contributed by atoms with Crippen molar-refractivity contribution in [1.82, 2.24) is 4.57 Å². The fourth-order valence-electron chi connectivity index (χ4n) is 3.98. The Morgan fingerprint density at radius 2 is 1.91 bits per heavy atom. The van der Waals surface area contributed by atoms with Crippen molar-refractivity contribution in [3.63, 3.8) is 0 Å². The van der Waals surface area contributed by atoms with Gasteiger partial charge in [-0.25, -0.2) is 9.79 Å². The van der Waals surface area contributed by atoms with Crippen molar-refractivity contribution in [3.05, 3.63) is 84.5 Å². The van der Waals surface area contributed by atoms with E-state index in [-0.39, 0.29) is 12.2 Å². The summed E-state index contributed by atoms with van der Waals surface area (Å²) >= 11 is 2.95. The number of carbonyl (C=O) groups is 1.